The summed E-state index contributed by atoms with van der Waals surface area (Å²) in [6.45, 7) is 2.54. The van der Waals surface area contributed by atoms with Gasteiger partial charge in [-0.05, 0) is 82.9 Å². The Kier molecular flexibility index (Phi) is 10.5. The summed E-state index contributed by atoms with van der Waals surface area (Å²) in [7, 11) is 0. The molecule has 1 saturated carbocycles. The summed E-state index contributed by atoms with van der Waals surface area (Å²) in [5.41, 5.74) is 19.6. The van der Waals surface area contributed by atoms with Crippen LogP contribution >= 0.6 is 0 Å². The van der Waals surface area contributed by atoms with Crippen molar-refractivity contribution in [2.24, 2.45) is 27.8 Å². The zero-order valence-corrected chi connectivity index (χ0v) is 31.1. The van der Waals surface area contributed by atoms with Gasteiger partial charge in [0.25, 0.3) is 0 Å². The summed E-state index contributed by atoms with van der Waals surface area (Å²) < 4.78 is 0. The van der Waals surface area contributed by atoms with Crippen molar-refractivity contribution in [2.45, 2.75) is 31.8 Å². The van der Waals surface area contributed by atoms with E-state index in [2.05, 4.69) is 127 Å². The number of phenols is 1. The SMILES string of the molecule is C/C(=C\C=C(/N)C1=CC(C2C=CC=CC2)C(Nc2ccc(-c3cccc(C4=C5CC5=C4)c3O)cc2)C=C1)C/N=N/C(/C=C/c1ccccc1)c1ccccc1. The lowest BCUT2D eigenvalue weighted by Gasteiger charge is -2.33. The number of azo groups is 1. The van der Waals surface area contributed by atoms with E-state index in [1.807, 2.05) is 66.7 Å². The van der Waals surface area contributed by atoms with Gasteiger partial charge in [-0.25, -0.2) is 0 Å². The van der Waals surface area contributed by atoms with Crippen molar-refractivity contribution >= 4 is 17.3 Å². The summed E-state index contributed by atoms with van der Waals surface area (Å²) >= 11 is 0. The first-order chi connectivity index (χ1) is 27.0. The molecule has 0 aromatic heterocycles. The minimum atomic E-state index is -0.170. The number of nitrogens with zero attached hydrogens (tertiary/aromatic N) is 2. The molecule has 4 atom stereocenters. The van der Waals surface area contributed by atoms with Crippen molar-refractivity contribution in [3.63, 3.8) is 0 Å². The number of aromatic hydroxyl groups is 1. The van der Waals surface area contributed by atoms with Crippen LogP contribution in [0.5, 0.6) is 5.75 Å². The monoisotopic (exact) mass is 718 g/mol. The first-order valence-electron chi connectivity index (χ1n) is 19.1. The molecule has 4 aromatic rings. The van der Waals surface area contributed by atoms with E-state index in [4.69, 9.17) is 10.8 Å². The van der Waals surface area contributed by atoms with Crippen molar-refractivity contribution in [1.29, 1.82) is 0 Å². The van der Waals surface area contributed by atoms with E-state index in [0.717, 1.165) is 63.2 Å². The Morgan fingerprint density at radius 1 is 0.891 bits per heavy atom. The van der Waals surface area contributed by atoms with Gasteiger partial charge < -0.3 is 16.2 Å². The second kappa shape index (κ2) is 16.3. The van der Waals surface area contributed by atoms with Gasteiger partial charge in [-0.15, -0.1) is 0 Å². The molecule has 0 saturated heterocycles. The topological polar surface area (TPSA) is 83.0 Å². The van der Waals surface area contributed by atoms with Gasteiger partial charge in [0, 0.05) is 28.4 Å². The van der Waals surface area contributed by atoms with Crippen LogP contribution in [0.4, 0.5) is 5.69 Å². The van der Waals surface area contributed by atoms with Crippen molar-refractivity contribution in [2.75, 3.05) is 11.9 Å². The van der Waals surface area contributed by atoms with Crippen molar-refractivity contribution < 1.29 is 5.11 Å². The third kappa shape index (κ3) is 8.37. The summed E-state index contributed by atoms with van der Waals surface area (Å²) in [5.74, 6) is 0.883. The number of para-hydroxylation sites is 1. The Morgan fingerprint density at radius 3 is 2.40 bits per heavy atom. The molecule has 1 fully saturated rings. The van der Waals surface area contributed by atoms with Crippen LogP contribution in [-0.2, 0) is 0 Å². The largest absolute Gasteiger partial charge is 0.507 e. The third-order valence-corrected chi connectivity index (χ3v) is 10.7. The number of nitrogens with one attached hydrogen (secondary N) is 1. The smallest absolute Gasteiger partial charge is 0.131 e. The molecule has 4 aliphatic carbocycles. The molecule has 0 bridgehead atoms. The number of hydrogen-bond acceptors (Lipinski definition) is 5. The minimum absolute atomic E-state index is 0.0815. The molecule has 4 N–H and O–H groups in total. The van der Waals surface area contributed by atoms with Gasteiger partial charge in [0.15, 0.2) is 0 Å². The Balaban J connectivity index is 0.939. The molecule has 0 amide bonds. The normalized spacial score (nSPS) is 21.0. The van der Waals surface area contributed by atoms with Crippen LogP contribution in [0.2, 0.25) is 0 Å². The van der Waals surface area contributed by atoms with E-state index in [1.165, 1.54) is 16.7 Å². The maximum Gasteiger partial charge on any atom is 0.131 e. The second-order valence-corrected chi connectivity index (χ2v) is 14.6. The van der Waals surface area contributed by atoms with Gasteiger partial charge in [0.1, 0.15) is 11.8 Å². The highest BCUT2D eigenvalue weighted by Crippen LogP contribution is 2.54. The zero-order valence-electron chi connectivity index (χ0n) is 31.1. The first-order valence-corrected chi connectivity index (χ1v) is 19.1. The summed E-state index contributed by atoms with van der Waals surface area (Å²) in [6, 6.07) is 34.8. The average molecular weight is 719 g/mol. The van der Waals surface area contributed by atoms with Gasteiger partial charge in [-0.1, -0.05) is 163 Å². The lowest BCUT2D eigenvalue weighted by molar-refractivity contribution is 0.447. The highest BCUT2D eigenvalue weighted by atomic mass is 16.3. The van der Waals surface area contributed by atoms with Crippen molar-refractivity contribution in [1.82, 2.24) is 0 Å². The van der Waals surface area contributed by atoms with Crippen LogP contribution in [0.25, 0.3) is 22.8 Å². The number of hydrogen-bond donors (Lipinski definition) is 3. The summed E-state index contributed by atoms with van der Waals surface area (Å²) in [6.07, 6.45) is 27.9. The van der Waals surface area contributed by atoms with E-state index in [9.17, 15) is 5.11 Å². The standard InChI is InChI=1S/C50H46N4O/c1-34(33-52-54-48(38-16-9-4-10-17-38)28-21-35-12-5-2-6-13-35)20-27-47(51)39-24-29-49(45(30-39)36-14-7-3-8-15-36)53-41-25-22-37(23-26-41)42-18-11-19-43(50(42)55)46-32-40-31-44(40)46/h2-14,16-30,32,36,45,48-49,53,55H,15,31,33,51H2,1H3/b28-21+,34-20+,47-27-,54-52+. The molecular formula is C50H46N4O. The molecule has 5 heteroatoms. The van der Waals surface area contributed by atoms with Crippen LogP contribution < -0.4 is 11.1 Å². The molecule has 0 spiro atoms. The third-order valence-electron chi connectivity index (χ3n) is 10.7. The first kappa shape index (κ1) is 35.6. The highest BCUT2D eigenvalue weighted by Gasteiger charge is 2.34. The molecule has 5 nitrogen and oxygen atoms in total. The number of fused-ring (bicyclic) bond motifs is 1. The molecule has 4 aromatic carbocycles. The van der Waals surface area contributed by atoms with Gasteiger partial charge in [-0.3, -0.25) is 0 Å². The molecular weight excluding hydrogens is 673 g/mol. The lowest BCUT2D eigenvalue weighted by Crippen LogP contribution is -2.33. The Labute approximate surface area is 324 Å². The second-order valence-electron chi connectivity index (χ2n) is 14.6. The predicted octanol–water partition coefficient (Wildman–Crippen LogP) is 11.9. The van der Waals surface area contributed by atoms with E-state index < -0.39 is 0 Å². The number of nitrogens with two attached hydrogens (primary N) is 1. The van der Waals surface area contributed by atoms with Crippen LogP contribution in [-0.4, -0.2) is 17.7 Å². The summed E-state index contributed by atoms with van der Waals surface area (Å²) in [4.78, 5) is 0. The molecule has 4 unspecified atom stereocenters. The number of rotatable bonds is 13. The van der Waals surface area contributed by atoms with Gasteiger partial charge in [0.05, 0.1) is 12.6 Å². The molecule has 272 valence electrons. The fourth-order valence-corrected chi connectivity index (χ4v) is 7.48. The minimum Gasteiger partial charge on any atom is -0.507 e. The Hall–Kier alpha value is -6.46. The van der Waals surface area contributed by atoms with E-state index in [-0.39, 0.29) is 18.0 Å². The lowest BCUT2D eigenvalue weighted by atomic mass is 9.78. The molecule has 0 aliphatic heterocycles. The number of allylic oxidation sites excluding steroid dienone is 11. The van der Waals surface area contributed by atoms with Gasteiger partial charge >= 0.3 is 0 Å². The molecule has 8 rings (SSSR count). The van der Waals surface area contributed by atoms with E-state index in [0.29, 0.717) is 18.2 Å². The fourth-order valence-electron chi connectivity index (χ4n) is 7.48. The molecule has 0 heterocycles. The molecule has 0 radical (unpaired) electrons. The molecule has 4 aliphatic rings. The zero-order chi connectivity index (χ0) is 37.6. The van der Waals surface area contributed by atoms with E-state index in [1.54, 1.807) is 0 Å². The Bertz CT molecular complexity index is 2350. The highest BCUT2D eigenvalue weighted by molar-refractivity contribution is 5.98. The van der Waals surface area contributed by atoms with Crippen LogP contribution in [0, 0.1) is 11.8 Å². The Morgan fingerprint density at radius 2 is 1.67 bits per heavy atom. The van der Waals surface area contributed by atoms with Crippen LogP contribution in [0.1, 0.15) is 42.5 Å². The quantitative estimate of drug-likeness (QED) is 0.0950. The van der Waals surface area contributed by atoms with Crippen LogP contribution in [0.3, 0.4) is 0 Å². The molecule has 55 heavy (non-hydrogen) atoms. The number of benzene rings is 4. The van der Waals surface area contributed by atoms with Crippen molar-refractivity contribution in [3.8, 4) is 16.9 Å². The van der Waals surface area contributed by atoms with Crippen molar-refractivity contribution in [3.05, 3.63) is 215 Å². The van der Waals surface area contributed by atoms with Crippen LogP contribution in [0.15, 0.2) is 208 Å². The maximum atomic E-state index is 11.2. The van der Waals surface area contributed by atoms with E-state index >= 15 is 0 Å². The van der Waals surface area contributed by atoms with Gasteiger partial charge in [0.2, 0.25) is 0 Å². The predicted molar refractivity (Wildman–Crippen MR) is 228 cm³/mol. The summed E-state index contributed by atoms with van der Waals surface area (Å²) in [5, 5.41) is 24.3. The fraction of sp³-hybridized carbons (Fsp3) is 0.160. The number of anilines is 1. The maximum absolute atomic E-state index is 11.2. The van der Waals surface area contributed by atoms with Gasteiger partial charge in [-0.2, -0.15) is 10.2 Å². The number of phenolic OH excluding ortho intramolecular Hbond substituents is 1. The average Bonchev–Trinajstić information content (AvgIpc) is 3.88.